The van der Waals surface area contributed by atoms with Gasteiger partial charge in [0.15, 0.2) is 0 Å². The monoisotopic (exact) mass is 272 g/mol. The number of nitrogens with one attached hydrogen (secondary N) is 1. The number of nitriles is 1. The molecule has 0 saturated heterocycles. The fraction of sp³-hybridized carbons (Fsp3) is 0.562. The van der Waals surface area contributed by atoms with Crippen LogP contribution in [0.2, 0.25) is 0 Å². The average molecular weight is 272 g/mol. The summed E-state index contributed by atoms with van der Waals surface area (Å²) in [5.74, 6) is 0.812. The van der Waals surface area contributed by atoms with Crippen LogP contribution in [0.5, 0.6) is 5.75 Å². The van der Waals surface area contributed by atoms with Crippen LogP contribution in [0.4, 0.5) is 0 Å². The summed E-state index contributed by atoms with van der Waals surface area (Å²) in [7, 11) is 0. The second-order valence-corrected chi connectivity index (χ2v) is 5.90. The van der Waals surface area contributed by atoms with Gasteiger partial charge in [-0.1, -0.05) is 12.1 Å². The van der Waals surface area contributed by atoms with Crippen molar-refractivity contribution < 1.29 is 9.84 Å². The molecule has 2 atom stereocenters. The summed E-state index contributed by atoms with van der Waals surface area (Å²) in [6.07, 6.45) is 5.01. The average Bonchev–Trinajstić information content (AvgIpc) is 3.20. The molecule has 0 aliphatic heterocycles. The number of benzene rings is 1. The highest BCUT2D eigenvalue weighted by molar-refractivity contribution is 5.27. The lowest BCUT2D eigenvalue weighted by Gasteiger charge is -2.22. The topological polar surface area (TPSA) is 65.3 Å². The third-order valence-corrected chi connectivity index (χ3v) is 4.15. The molecule has 0 aromatic heterocycles. The highest BCUT2D eigenvalue weighted by atomic mass is 16.5. The highest BCUT2D eigenvalue weighted by Gasteiger charge is 2.43. The maximum Gasteiger partial charge on any atom is 0.119 e. The van der Waals surface area contributed by atoms with E-state index in [0.717, 1.165) is 30.6 Å². The van der Waals surface area contributed by atoms with Gasteiger partial charge in [0.05, 0.1) is 12.7 Å². The van der Waals surface area contributed by atoms with Gasteiger partial charge in [0.25, 0.3) is 0 Å². The first-order valence-electron chi connectivity index (χ1n) is 7.28. The Morgan fingerprint density at radius 1 is 1.30 bits per heavy atom. The van der Waals surface area contributed by atoms with Crippen molar-refractivity contribution in [2.45, 2.75) is 56.4 Å². The fourth-order valence-corrected chi connectivity index (χ4v) is 2.85. The Balaban J connectivity index is 1.60. The highest BCUT2D eigenvalue weighted by Crippen LogP contribution is 2.35. The fourth-order valence-electron chi connectivity index (χ4n) is 2.85. The number of hydrogen-bond donors (Lipinski definition) is 2. The lowest BCUT2D eigenvalue weighted by atomic mass is 9.99. The molecule has 3 rings (SSSR count). The Labute approximate surface area is 119 Å². The van der Waals surface area contributed by atoms with Crippen molar-refractivity contribution in [1.29, 1.82) is 5.26 Å². The van der Waals surface area contributed by atoms with E-state index in [1.807, 2.05) is 24.3 Å². The van der Waals surface area contributed by atoms with Gasteiger partial charge in [-0.3, -0.25) is 5.32 Å². The van der Waals surface area contributed by atoms with E-state index < -0.39 is 5.54 Å². The van der Waals surface area contributed by atoms with Gasteiger partial charge in [-0.15, -0.1) is 0 Å². The van der Waals surface area contributed by atoms with Crippen molar-refractivity contribution in [2.75, 3.05) is 0 Å². The van der Waals surface area contributed by atoms with Crippen molar-refractivity contribution in [2.24, 2.45) is 0 Å². The molecule has 20 heavy (non-hydrogen) atoms. The summed E-state index contributed by atoms with van der Waals surface area (Å²) >= 11 is 0. The molecule has 2 aliphatic carbocycles. The van der Waals surface area contributed by atoms with E-state index in [1.165, 1.54) is 12.8 Å². The molecule has 1 aromatic rings. The van der Waals surface area contributed by atoms with Gasteiger partial charge >= 0.3 is 0 Å². The largest absolute Gasteiger partial charge is 0.490 e. The third kappa shape index (κ3) is 2.95. The lowest BCUT2D eigenvalue weighted by Crippen LogP contribution is -2.43. The molecule has 4 heteroatoms. The number of aliphatic hydroxyl groups excluding tert-OH is 1. The van der Waals surface area contributed by atoms with Crippen LogP contribution in [-0.4, -0.2) is 22.8 Å². The van der Waals surface area contributed by atoms with Gasteiger partial charge in [-0.25, -0.2) is 0 Å². The molecule has 106 valence electrons. The van der Waals surface area contributed by atoms with Crippen molar-refractivity contribution >= 4 is 0 Å². The number of nitrogens with zero attached hydrogens (tertiary/aromatic N) is 1. The molecule has 2 unspecified atom stereocenters. The van der Waals surface area contributed by atoms with Crippen LogP contribution in [0.3, 0.4) is 0 Å². The van der Waals surface area contributed by atoms with Gasteiger partial charge in [0.2, 0.25) is 0 Å². The smallest absolute Gasteiger partial charge is 0.119 e. The Bertz CT molecular complexity index is 504. The van der Waals surface area contributed by atoms with Gasteiger partial charge in [0, 0.05) is 12.5 Å². The number of hydrogen-bond acceptors (Lipinski definition) is 4. The lowest BCUT2D eigenvalue weighted by molar-refractivity contribution is 0.200. The first kappa shape index (κ1) is 13.4. The summed E-state index contributed by atoms with van der Waals surface area (Å²) in [6, 6.07) is 10.5. The zero-order valence-electron chi connectivity index (χ0n) is 11.5. The number of ether oxygens (including phenoxy) is 1. The van der Waals surface area contributed by atoms with E-state index in [2.05, 4.69) is 11.4 Å². The van der Waals surface area contributed by atoms with Gasteiger partial charge < -0.3 is 9.84 Å². The first-order chi connectivity index (χ1) is 9.73. The molecule has 0 heterocycles. The van der Waals surface area contributed by atoms with E-state index in [0.29, 0.717) is 6.04 Å². The van der Waals surface area contributed by atoms with Gasteiger partial charge in [-0.2, -0.15) is 5.26 Å². The van der Waals surface area contributed by atoms with E-state index in [1.54, 1.807) is 0 Å². The molecule has 0 spiro atoms. The Morgan fingerprint density at radius 3 is 2.65 bits per heavy atom. The minimum absolute atomic E-state index is 0.0482. The van der Waals surface area contributed by atoms with Crippen LogP contribution < -0.4 is 10.1 Å². The van der Waals surface area contributed by atoms with Crippen LogP contribution in [0.1, 0.15) is 37.7 Å². The SMILES string of the molecule is N#CC1(NC2CC2)CCC(Oc2ccc(CO)cc2)C1. The van der Waals surface area contributed by atoms with E-state index in [-0.39, 0.29) is 12.7 Å². The molecule has 2 fully saturated rings. The van der Waals surface area contributed by atoms with Crippen LogP contribution >= 0.6 is 0 Å². The van der Waals surface area contributed by atoms with Crippen molar-refractivity contribution in [3.8, 4) is 11.8 Å². The van der Waals surface area contributed by atoms with E-state index in [4.69, 9.17) is 9.84 Å². The van der Waals surface area contributed by atoms with Gasteiger partial charge in [0.1, 0.15) is 17.4 Å². The first-order valence-corrected chi connectivity index (χ1v) is 7.28. The molecule has 2 saturated carbocycles. The predicted molar refractivity (Wildman–Crippen MR) is 75.1 cm³/mol. The minimum Gasteiger partial charge on any atom is -0.490 e. The summed E-state index contributed by atoms with van der Waals surface area (Å²) in [5, 5.41) is 21.9. The maximum absolute atomic E-state index is 9.45. The molecule has 0 amide bonds. The molecule has 2 N–H and O–H groups in total. The number of rotatable bonds is 5. The quantitative estimate of drug-likeness (QED) is 0.861. The van der Waals surface area contributed by atoms with Crippen molar-refractivity contribution in [1.82, 2.24) is 5.32 Å². The Kier molecular flexibility index (Phi) is 3.64. The van der Waals surface area contributed by atoms with E-state index in [9.17, 15) is 5.26 Å². The number of aliphatic hydroxyl groups is 1. The minimum atomic E-state index is -0.392. The zero-order valence-corrected chi connectivity index (χ0v) is 11.5. The standard InChI is InChI=1S/C16H20N2O2/c17-11-16(18-13-3-4-13)8-7-15(9-16)20-14-5-1-12(10-19)2-6-14/h1-2,5-6,13,15,18-19H,3-4,7-10H2. The zero-order chi connectivity index (χ0) is 14.0. The summed E-state index contributed by atoms with van der Waals surface area (Å²) < 4.78 is 5.96. The summed E-state index contributed by atoms with van der Waals surface area (Å²) in [6.45, 7) is 0.0482. The Hall–Kier alpha value is -1.57. The normalized spacial score (nSPS) is 29.1. The summed E-state index contributed by atoms with van der Waals surface area (Å²) in [5.41, 5.74) is 0.488. The van der Waals surface area contributed by atoms with Crippen LogP contribution in [0.25, 0.3) is 0 Å². The molecular weight excluding hydrogens is 252 g/mol. The molecule has 2 aliphatic rings. The molecule has 1 aromatic carbocycles. The second kappa shape index (κ2) is 5.43. The molecule has 0 radical (unpaired) electrons. The third-order valence-electron chi connectivity index (χ3n) is 4.15. The maximum atomic E-state index is 9.45. The van der Waals surface area contributed by atoms with E-state index >= 15 is 0 Å². The van der Waals surface area contributed by atoms with Crippen molar-refractivity contribution in [3.05, 3.63) is 29.8 Å². The van der Waals surface area contributed by atoms with Crippen LogP contribution in [0, 0.1) is 11.3 Å². The molecular formula is C16H20N2O2. The van der Waals surface area contributed by atoms with Gasteiger partial charge in [-0.05, 0) is 43.4 Å². The van der Waals surface area contributed by atoms with Crippen LogP contribution in [0.15, 0.2) is 24.3 Å². The predicted octanol–water partition coefficient (Wildman–Crippen LogP) is 2.12. The molecule has 0 bridgehead atoms. The second-order valence-electron chi connectivity index (χ2n) is 5.90. The molecule has 4 nitrogen and oxygen atoms in total. The van der Waals surface area contributed by atoms with Crippen LogP contribution in [-0.2, 0) is 6.61 Å². The van der Waals surface area contributed by atoms with Crippen molar-refractivity contribution in [3.63, 3.8) is 0 Å². The summed E-state index contributed by atoms with van der Waals surface area (Å²) in [4.78, 5) is 0. The Morgan fingerprint density at radius 2 is 2.05 bits per heavy atom.